The Kier molecular flexibility index (Phi) is 3.43. The summed E-state index contributed by atoms with van der Waals surface area (Å²) in [6, 6.07) is 9.43. The number of fused-ring (bicyclic) bond motifs is 2. The van der Waals surface area contributed by atoms with Crippen LogP contribution < -0.4 is 0 Å². The summed E-state index contributed by atoms with van der Waals surface area (Å²) in [6.45, 7) is 3.85. The van der Waals surface area contributed by atoms with Gasteiger partial charge in [-0.25, -0.2) is 0 Å². The molecule has 1 aromatic rings. The van der Waals surface area contributed by atoms with Crippen molar-refractivity contribution in [2.45, 2.75) is 44.1 Å². The van der Waals surface area contributed by atoms with Crippen molar-refractivity contribution < 1.29 is 24.4 Å². The number of ether oxygens (including phenoxy) is 2. The van der Waals surface area contributed by atoms with Crippen LogP contribution in [0.4, 0.5) is 0 Å². The fourth-order valence-corrected chi connectivity index (χ4v) is 2.90. The highest BCUT2D eigenvalue weighted by Gasteiger charge is 2.65. The third kappa shape index (κ3) is 1.97. The molecule has 2 unspecified atom stereocenters. The van der Waals surface area contributed by atoms with Crippen molar-refractivity contribution in [2.24, 2.45) is 0 Å². The van der Waals surface area contributed by atoms with E-state index >= 15 is 0 Å². The zero-order valence-electron chi connectivity index (χ0n) is 12.5. The molecule has 21 heavy (non-hydrogen) atoms. The minimum Gasteiger partial charge on any atom is -0.385 e. The van der Waals surface area contributed by atoms with Gasteiger partial charge in [0.25, 0.3) is 5.79 Å². The molecule has 1 N–H and O–H groups in total. The van der Waals surface area contributed by atoms with Gasteiger partial charge in [-0.1, -0.05) is 44.2 Å². The van der Waals surface area contributed by atoms with E-state index in [2.05, 4.69) is 0 Å². The first kappa shape index (κ1) is 14.7. The highest BCUT2D eigenvalue weighted by Crippen LogP contribution is 2.56. The number of rotatable bonds is 5. The number of benzene rings is 1. The van der Waals surface area contributed by atoms with Gasteiger partial charge in [0.2, 0.25) is 0 Å². The molecule has 3 rings (SSSR count). The van der Waals surface area contributed by atoms with E-state index in [0.717, 1.165) is 5.56 Å². The van der Waals surface area contributed by atoms with Crippen LogP contribution in [0, 0.1) is 0 Å². The molecule has 2 bridgehead atoms. The summed E-state index contributed by atoms with van der Waals surface area (Å²) in [6.07, 6.45) is 2.75. The van der Waals surface area contributed by atoms with E-state index in [9.17, 15) is 5.11 Å². The van der Waals surface area contributed by atoms with E-state index in [1.807, 2.05) is 44.2 Å². The summed E-state index contributed by atoms with van der Waals surface area (Å²) in [5, 5.41) is 10.9. The van der Waals surface area contributed by atoms with Crippen molar-refractivity contribution in [3.05, 3.63) is 47.5 Å². The second-order valence-electron chi connectivity index (χ2n) is 5.36. The third-order valence-electron chi connectivity index (χ3n) is 4.35. The number of hydrogen-bond donors (Lipinski definition) is 1. The average molecular weight is 292 g/mol. The maximum absolute atomic E-state index is 10.9. The van der Waals surface area contributed by atoms with E-state index in [0.29, 0.717) is 18.4 Å². The zero-order chi connectivity index (χ0) is 15.1. The monoisotopic (exact) mass is 292 g/mol. The topological polar surface area (TPSA) is 57.2 Å². The largest absolute Gasteiger partial charge is 0.385 e. The van der Waals surface area contributed by atoms with Crippen LogP contribution in [0.3, 0.4) is 0 Å². The molecule has 2 heterocycles. The van der Waals surface area contributed by atoms with Crippen molar-refractivity contribution in [3.63, 3.8) is 0 Å². The summed E-state index contributed by atoms with van der Waals surface area (Å²) >= 11 is 0. The number of hydrogen-bond acceptors (Lipinski definition) is 5. The Balaban J connectivity index is 2.14. The minimum atomic E-state index is -1.40. The van der Waals surface area contributed by atoms with Crippen molar-refractivity contribution in [3.8, 4) is 0 Å². The lowest BCUT2D eigenvalue weighted by Crippen LogP contribution is -2.42. The van der Waals surface area contributed by atoms with Crippen molar-refractivity contribution in [1.29, 1.82) is 0 Å². The molecule has 0 amide bonds. The molecule has 0 saturated carbocycles. The van der Waals surface area contributed by atoms with Crippen molar-refractivity contribution >= 4 is 0 Å². The molecule has 1 saturated heterocycles. The molecule has 1 fully saturated rings. The van der Waals surface area contributed by atoms with Gasteiger partial charge >= 0.3 is 5.97 Å². The standard InChI is InChI=1S/C16H20O5/c1-4-14(17,5-2)13-11-15(18-3)19-16(13,21-20-15)12-9-7-6-8-10-12/h6-11,17H,4-5H2,1-3H3. The Morgan fingerprint density at radius 1 is 1.14 bits per heavy atom. The van der Waals surface area contributed by atoms with Gasteiger partial charge in [-0.3, -0.25) is 4.74 Å². The number of methoxy groups -OCH3 is 1. The van der Waals surface area contributed by atoms with Gasteiger partial charge in [-0.05, 0) is 12.8 Å². The fraction of sp³-hybridized carbons (Fsp3) is 0.500. The summed E-state index contributed by atoms with van der Waals surface area (Å²) in [7, 11) is 1.47. The van der Waals surface area contributed by atoms with Crippen LogP contribution in [-0.2, 0) is 25.0 Å². The average Bonchev–Trinajstić information content (AvgIpc) is 3.11. The Labute approximate surface area is 124 Å². The minimum absolute atomic E-state index is 0.538. The highest BCUT2D eigenvalue weighted by molar-refractivity contribution is 5.40. The van der Waals surface area contributed by atoms with Gasteiger partial charge in [-0.15, -0.1) is 0 Å². The molecule has 114 valence electrons. The molecule has 0 radical (unpaired) electrons. The summed E-state index contributed by atoms with van der Waals surface area (Å²) in [5.74, 6) is -2.67. The summed E-state index contributed by atoms with van der Waals surface area (Å²) < 4.78 is 11.2. The molecule has 2 atom stereocenters. The van der Waals surface area contributed by atoms with E-state index < -0.39 is 17.4 Å². The van der Waals surface area contributed by atoms with Crippen LogP contribution >= 0.6 is 0 Å². The zero-order valence-corrected chi connectivity index (χ0v) is 12.5. The fourth-order valence-electron chi connectivity index (χ4n) is 2.90. The van der Waals surface area contributed by atoms with Crippen LogP contribution in [0.15, 0.2) is 42.0 Å². The third-order valence-corrected chi connectivity index (χ3v) is 4.35. The lowest BCUT2D eigenvalue weighted by Gasteiger charge is -2.36. The van der Waals surface area contributed by atoms with E-state index in [1.165, 1.54) is 7.11 Å². The maximum Gasteiger partial charge on any atom is 0.336 e. The summed E-state index contributed by atoms with van der Waals surface area (Å²) in [5.41, 5.74) is 0.340. The second-order valence-corrected chi connectivity index (χ2v) is 5.36. The van der Waals surface area contributed by atoms with E-state index in [4.69, 9.17) is 19.2 Å². The molecule has 2 aliphatic rings. The van der Waals surface area contributed by atoms with E-state index in [-0.39, 0.29) is 0 Å². The lowest BCUT2D eigenvalue weighted by atomic mass is 9.81. The van der Waals surface area contributed by atoms with Gasteiger partial charge in [0.1, 0.15) is 0 Å². The highest BCUT2D eigenvalue weighted by atomic mass is 17.3. The molecule has 5 heteroatoms. The quantitative estimate of drug-likeness (QED) is 0.668. The summed E-state index contributed by atoms with van der Waals surface area (Å²) in [4.78, 5) is 10.7. The van der Waals surface area contributed by atoms with Gasteiger partial charge in [0.05, 0.1) is 5.60 Å². The van der Waals surface area contributed by atoms with Gasteiger partial charge in [0.15, 0.2) is 0 Å². The first-order valence-corrected chi connectivity index (χ1v) is 7.18. The Morgan fingerprint density at radius 3 is 2.38 bits per heavy atom. The smallest absolute Gasteiger partial charge is 0.336 e. The van der Waals surface area contributed by atoms with Gasteiger partial charge < -0.3 is 9.84 Å². The Hall–Kier alpha value is -1.24. The molecule has 1 aromatic carbocycles. The second kappa shape index (κ2) is 4.90. The molecule has 0 aromatic heterocycles. The SMILES string of the molecule is CCC(O)(CC)C1=CC2(OC)OOC1(c1ccccc1)O2. The molecular formula is C16H20O5. The lowest BCUT2D eigenvalue weighted by molar-refractivity contribution is -0.398. The van der Waals surface area contributed by atoms with Gasteiger partial charge in [0, 0.05) is 24.3 Å². The first-order valence-electron chi connectivity index (χ1n) is 7.18. The van der Waals surface area contributed by atoms with Crippen LogP contribution in [0.2, 0.25) is 0 Å². The molecule has 2 aliphatic heterocycles. The predicted molar refractivity (Wildman–Crippen MR) is 74.7 cm³/mol. The van der Waals surface area contributed by atoms with Crippen molar-refractivity contribution in [2.75, 3.05) is 7.11 Å². The van der Waals surface area contributed by atoms with Crippen LogP contribution in [0.25, 0.3) is 0 Å². The predicted octanol–water partition coefficient (Wildman–Crippen LogP) is 2.61. The molecule has 0 aliphatic carbocycles. The van der Waals surface area contributed by atoms with Crippen LogP contribution in [0.1, 0.15) is 32.3 Å². The van der Waals surface area contributed by atoms with Crippen LogP contribution in [0.5, 0.6) is 0 Å². The van der Waals surface area contributed by atoms with Crippen LogP contribution in [-0.4, -0.2) is 23.8 Å². The Bertz CT molecular complexity index is 551. The maximum atomic E-state index is 10.9. The van der Waals surface area contributed by atoms with Gasteiger partial charge in [-0.2, -0.15) is 9.78 Å². The van der Waals surface area contributed by atoms with Crippen molar-refractivity contribution in [1.82, 2.24) is 0 Å². The molecule has 0 spiro atoms. The molecular weight excluding hydrogens is 272 g/mol. The normalized spacial score (nSPS) is 31.5. The first-order chi connectivity index (χ1) is 10.0. The molecule has 5 nitrogen and oxygen atoms in total. The van der Waals surface area contributed by atoms with E-state index in [1.54, 1.807) is 6.08 Å². The number of aliphatic hydroxyl groups is 1. The Morgan fingerprint density at radius 2 is 1.81 bits per heavy atom.